The highest BCUT2D eigenvalue weighted by molar-refractivity contribution is 5.51. The fourth-order valence-electron chi connectivity index (χ4n) is 6.90. The van der Waals surface area contributed by atoms with Crippen molar-refractivity contribution in [3.63, 3.8) is 0 Å². The molecule has 1 fully saturated rings. The first kappa shape index (κ1) is 26.8. The van der Waals surface area contributed by atoms with E-state index in [-0.39, 0.29) is 5.92 Å². The number of nitrogen functional groups attached to an aromatic ring is 1. The molecule has 3 aromatic rings. The van der Waals surface area contributed by atoms with Crippen LogP contribution in [0.25, 0.3) is 0 Å². The van der Waals surface area contributed by atoms with Crippen molar-refractivity contribution < 1.29 is 13.2 Å². The quantitative estimate of drug-likeness (QED) is 0.336. The SMILES string of the molecule is Cc1ccc2c(c1)CC(c1ccc(CCCN3CCC(C)C3)cc1)C(c1ccc(N)cc1)C2(C)C(F)(F)F. The van der Waals surface area contributed by atoms with Crippen LogP contribution in [0.4, 0.5) is 18.9 Å². The van der Waals surface area contributed by atoms with Gasteiger partial charge in [0.05, 0.1) is 5.41 Å². The maximum absolute atomic E-state index is 15.1. The molecule has 1 saturated heterocycles. The monoisotopic (exact) mass is 520 g/mol. The summed E-state index contributed by atoms with van der Waals surface area (Å²) in [6, 6.07) is 20.8. The summed E-state index contributed by atoms with van der Waals surface area (Å²) in [5.74, 6) is -0.281. The average Bonchev–Trinajstić information content (AvgIpc) is 3.29. The Kier molecular flexibility index (Phi) is 7.34. The Morgan fingerprint density at radius 1 is 0.974 bits per heavy atom. The van der Waals surface area contributed by atoms with Crippen LogP contribution in [-0.2, 0) is 18.3 Å². The van der Waals surface area contributed by atoms with Crippen molar-refractivity contribution in [2.24, 2.45) is 5.92 Å². The lowest BCUT2D eigenvalue weighted by Gasteiger charge is -2.48. The molecule has 2 nitrogen and oxygen atoms in total. The molecule has 4 atom stereocenters. The van der Waals surface area contributed by atoms with Gasteiger partial charge in [0, 0.05) is 18.2 Å². The Labute approximate surface area is 225 Å². The number of nitrogens with zero attached hydrogens (tertiary/aromatic N) is 1. The lowest BCUT2D eigenvalue weighted by Crippen LogP contribution is -2.50. The van der Waals surface area contributed by atoms with Crippen molar-refractivity contribution in [2.75, 3.05) is 25.4 Å². The number of alkyl halides is 3. The smallest absolute Gasteiger partial charge is 0.398 e. The van der Waals surface area contributed by atoms with Crippen molar-refractivity contribution in [3.05, 3.63) is 100 Å². The number of benzene rings is 3. The number of anilines is 1. The van der Waals surface area contributed by atoms with Gasteiger partial charge in [0.2, 0.25) is 0 Å². The number of fused-ring (bicyclic) bond motifs is 1. The first-order chi connectivity index (χ1) is 18.1. The summed E-state index contributed by atoms with van der Waals surface area (Å²) in [4.78, 5) is 2.54. The minimum absolute atomic E-state index is 0.306. The van der Waals surface area contributed by atoms with E-state index < -0.39 is 17.5 Å². The maximum Gasteiger partial charge on any atom is 0.398 e. The highest BCUT2D eigenvalue weighted by Crippen LogP contribution is 2.60. The van der Waals surface area contributed by atoms with E-state index in [1.807, 2.05) is 13.0 Å². The zero-order valence-corrected chi connectivity index (χ0v) is 22.7. The first-order valence-corrected chi connectivity index (χ1v) is 13.9. The molecule has 0 bridgehead atoms. The van der Waals surface area contributed by atoms with Crippen LogP contribution >= 0.6 is 0 Å². The summed E-state index contributed by atoms with van der Waals surface area (Å²) in [5, 5.41) is 0. The van der Waals surface area contributed by atoms with Crippen LogP contribution < -0.4 is 5.73 Å². The minimum atomic E-state index is -4.42. The lowest BCUT2D eigenvalue weighted by molar-refractivity contribution is -0.196. The zero-order valence-electron chi connectivity index (χ0n) is 22.7. The summed E-state index contributed by atoms with van der Waals surface area (Å²) in [7, 11) is 0. The van der Waals surface area contributed by atoms with E-state index in [1.165, 1.54) is 32.0 Å². The highest BCUT2D eigenvalue weighted by Gasteiger charge is 2.61. The Balaban J connectivity index is 1.48. The van der Waals surface area contributed by atoms with Crippen LogP contribution in [0, 0.1) is 12.8 Å². The second-order valence-corrected chi connectivity index (χ2v) is 11.9. The van der Waals surface area contributed by atoms with E-state index >= 15 is 13.2 Å². The third-order valence-corrected chi connectivity index (χ3v) is 9.02. The maximum atomic E-state index is 15.1. The number of hydrogen-bond donors (Lipinski definition) is 1. The summed E-state index contributed by atoms with van der Waals surface area (Å²) >= 11 is 0. The number of nitrogens with two attached hydrogens (primary N) is 1. The van der Waals surface area contributed by atoms with Crippen LogP contribution in [0.2, 0.25) is 0 Å². The molecule has 1 heterocycles. The molecule has 0 spiro atoms. The highest BCUT2D eigenvalue weighted by atomic mass is 19.4. The van der Waals surface area contributed by atoms with Gasteiger partial charge in [-0.15, -0.1) is 0 Å². The Morgan fingerprint density at radius 3 is 2.29 bits per heavy atom. The van der Waals surface area contributed by atoms with Crippen molar-refractivity contribution in [1.29, 1.82) is 0 Å². The number of hydrogen-bond acceptors (Lipinski definition) is 2. The molecule has 4 unspecified atom stereocenters. The van der Waals surface area contributed by atoms with Gasteiger partial charge in [-0.2, -0.15) is 13.2 Å². The summed E-state index contributed by atoms with van der Waals surface area (Å²) in [6.07, 6.45) is -0.481. The molecule has 0 saturated carbocycles. The number of rotatable bonds is 6. The summed E-state index contributed by atoms with van der Waals surface area (Å²) in [6.45, 7) is 9.13. The topological polar surface area (TPSA) is 29.3 Å². The van der Waals surface area contributed by atoms with E-state index in [2.05, 4.69) is 36.1 Å². The van der Waals surface area contributed by atoms with E-state index in [1.54, 1.807) is 36.4 Å². The van der Waals surface area contributed by atoms with Gasteiger partial charge < -0.3 is 10.6 Å². The molecule has 0 radical (unpaired) electrons. The van der Waals surface area contributed by atoms with E-state index in [4.69, 9.17) is 5.73 Å². The third kappa shape index (κ3) is 5.10. The fourth-order valence-corrected chi connectivity index (χ4v) is 6.90. The number of likely N-dealkylation sites (tertiary alicyclic amines) is 1. The van der Waals surface area contributed by atoms with Gasteiger partial charge in [0.25, 0.3) is 0 Å². The molecule has 1 aliphatic heterocycles. The Hall–Kier alpha value is -2.79. The molecular weight excluding hydrogens is 481 g/mol. The van der Waals surface area contributed by atoms with Crippen LogP contribution in [0.5, 0.6) is 0 Å². The number of aryl methyl sites for hydroxylation is 2. The average molecular weight is 521 g/mol. The minimum Gasteiger partial charge on any atom is -0.399 e. The molecule has 3 aromatic carbocycles. The van der Waals surface area contributed by atoms with E-state index in [9.17, 15) is 0 Å². The van der Waals surface area contributed by atoms with E-state index in [0.29, 0.717) is 23.2 Å². The van der Waals surface area contributed by atoms with Gasteiger partial charge in [0.1, 0.15) is 0 Å². The summed E-state index contributed by atoms with van der Waals surface area (Å²) < 4.78 is 45.4. The molecule has 0 amide bonds. The normalized spacial score (nSPS) is 25.9. The molecular formula is C33H39F3N2. The summed E-state index contributed by atoms with van der Waals surface area (Å²) in [5.41, 5.74) is 9.52. The van der Waals surface area contributed by atoms with Crippen LogP contribution in [0.3, 0.4) is 0 Å². The first-order valence-electron chi connectivity index (χ1n) is 13.9. The van der Waals surface area contributed by atoms with Crippen LogP contribution in [-0.4, -0.2) is 30.7 Å². The molecule has 5 heteroatoms. The lowest BCUT2D eigenvalue weighted by atomic mass is 9.56. The fraction of sp³-hybridized carbons (Fsp3) is 0.455. The van der Waals surface area contributed by atoms with Crippen LogP contribution in [0.1, 0.15) is 71.9 Å². The second kappa shape index (κ2) is 10.4. The molecule has 202 valence electrons. The van der Waals surface area contributed by atoms with Gasteiger partial charge in [-0.05, 0) is 104 Å². The van der Waals surface area contributed by atoms with Crippen LogP contribution in [0.15, 0.2) is 66.7 Å². The van der Waals surface area contributed by atoms with Crippen molar-refractivity contribution in [3.8, 4) is 0 Å². The molecule has 1 aliphatic carbocycles. The van der Waals surface area contributed by atoms with Gasteiger partial charge in [-0.25, -0.2) is 0 Å². The van der Waals surface area contributed by atoms with Crippen molar-refractivity contribution in [2.45, 2.75) is 69.9 Å². The molecule has 38 heavy (non-hydrogen) atoms. The zero-order chi connectivity index (χ0) is 27.1. The molecule has 0 aromatic heterocycles. The standard InChI is InChI=1S/C33H39F3N2/c1-22-6-15-30-27(19-22)20-29(31(32(30,3)33(34,35)36)26-11-13-28(37)14-12-26)25-9-7-24(8-10-25)5-4-17-38-18-16-23(2)21-38/h6-15,19,23,29,31H,4-5,16-18,20-21,37H2,1-3H3. The second-order valence-electron chi connectivity index (χ2n) is 11.9. The molecule has 2 N–H and O–H groups in total. The van der Waals surface area contributed by atoms with Gasteiger partial charge in [-0.3, -0.25) is 0 Å². The number of halogens is 3. The van der Waals surface area contributed by atoms with Gasteiger partial charge in [-0.1, -0.05) is 67.1 Å². The van der Waals surface area contributed by atoms with Crippen molar-refractivity contribution >= 4 is 5.69 Å². The predicted octanol–water partition coefficient (Wildman–Crippen LogP) is 7.80. The Morgan fingerprint density at radius 2 is 1.66 bits per heavy atom. The molecule has 2 aliphatic rings. The predicted molar refractivity (Wildman–Crippen MR) is 150 cm³/mol. The van der Waals surface area contributed by atoms with E-state index in [0.717, 1.165) is 42.0 Å². The van der Waals surface area contributed by atoms with Gasteiger partial charge >= 0.3 is 6.18 Å². The third-order valence-electron chi connectivity index (χ3n) is 9.02. The largest absolute Gasteiger partial charge is 0.399 e. The van der Waals surface area contributed by atoms with Gasteiger partial charge in [0.15, 0.2) is 0 Å². The molecule has 5 rings (SSSR count). The van der Waals surface area contributed by atoms with Crippen molar-refractivity contribution in [1.82, 2.24) is 4.90 Å². The Bertz CT molecular complexity index is 1250.